The number of anilines is 3. The molecule has 2 bridgehead atoms. The second kappa shape index (κ2) is 10.7. The van der Waals surface area contributed by atoms with Crippen LogP contribution in [0.2, 0.25) is 5.02 Å². The third kappa shape index (κ3) is 4.83. The lowest BCUT2D eigenvalue weighted by atomic mass is 9.88. The van der Waals surface area contributed by atoms with Gasteiger partial charge in [-0.05, 0) is 61.1 Å². The zero-order chi connectivity index (χ0) is 26.2. The monoisotopic (exact) mass is 538 g/mol. The smallest absolute Gasteiger partial charge is 0.229 e. The van der Waals surface area contributed by atoms with Crippen LogP contribution in [0.3, 0.4) is 0 Å². The molecule has 10 heteroatoms. The summed E-state index contributed by atoms with van der Waals surface area (Å²) in [5.74, 6) is 1.55. The summed E-state index contributed by atoms with van der Waals surface area (Å²) in [7, 11) is 1.72. The van der Waals surface area contributed by atoms with Gasteiger partial charge < -0.3 is 25.8 Å². The summed E-state index contributed by atoms with van der Waals surface area (Å²) in [6.45, 7) is 3.66. The van der Waals surface area contributed by atoms with Crippen molar-refractivity contribution < 1.29 is 14.3 Å². The van der Waals surface area contributed by atoms with Gasteiger partial charge in [0.05, 0.1) is 38.1 Å². The minimum atomic E-state index is -0.298. The summed E-state index contributed by atoms with van der Waals surface area (Å²) < 4.78 is 11.5. The van der Waals surface area contributed by atoms with Crippen LogP contribution in [-0.4, -0.2) is 66.3 Å². The van der Waals surface area contributed by atoms with Gasteiger partial charge in [-0.2, -0.15) is 4.98 Å². The first kappa shape index (κ1) is 25.4. The minimum Gasteiger partial charge on any atom is -0.494 e. The van der Waals surface area contributed by atoms with Crippen LogP contribution in [0.4, 0.5) is 17.5 Å². The van der Waals surface area contributed by atoms with E-state index in [1.54, 1.807) is 13.3 Å². The molecule has 5 atom stereocenters. The number of nitrogens with one attached hydrogen (secondary N) is 2. The molecule has 1 aromatic heterocycles. The number of allylic oxidation sites excluding steroid dienone is 1. The third-order valence-corrected chi connectivity index (χ3v) is 8.96. The van der Waals surface area contributed by atoms with E-state index < -0.39 is 0 Å². The Morgan fingerprint density at radius 3 is 2.76 bits per heavy atom. The number of carbonyl (C=O) groups is 1. The van der Waals surface area contributed by atoms with Gasteiger partial charge in [-0.15, -0.1) is 0 Å². The Morgan fingerprint density at radius 2 is 1.97 bits per heavy atom. The minimum absolute atomic E-state index is 0.135. The topological polar surface area (TPSA) is 115 Å². The zero-order valence-electron chi connectivity index (χ0n) is 21.7. The molecule has 2 heterocycles. The molecule has 0 spiro atoms. The highest BCUT2D eigenvalue weighted by molar-refractivity contribution is 6.32. The number of nitrogens with zero attached hydrogens (tertiary/aromatic N) is 3. The number of primary amides is 1. The predicted molar refractivity (Wildman–Crippen MR) is 147 cm³/mol. The molecule has 0 unspecified atom stereocenters. The molecule has 0 radical (unpaired) electrons. The number of morpholine rings is 1. The van der Waals surface area contributed by atoms with Crippen molar-refractivity contribution in [2.24, 2.45) is 23.5 Å². The van der Waals surface area contributed by atoms with E-state index in [0.717, 1.165) is 69.8 Å². The zero-order valence-corrected chi connectivity index (χ0v) is 22.4. The van der Waals surface area contributed by atoms with Gasteiger partial charge in [0.15, 0.2) is 5.82 Å². The van der Waals surface area contributed by atoms with E-state index in [-0.39, 0.29) is 29.7 Å². The lowest BCUT2D eigenvalue weighted by molar-refractivity contribution is -0.122. The van der Waals surface area contributed by atoms with Gasteiger partial charge >= 0.3 is 0 Å². The number of ether oxygens (including phenoxy) is 2. The Morgan fingerprint density at radius 1 is 1.18 bits per heavy atom. The highest BCUT2D eigenvalue weighted by atomic mass is 35.5. The van der Waals surface area contributed by atoms with E-state index in [4.69, 9.17) is 26.8 Å². The normalized spacial score (nSPS) is 28.5. The van der Waals surface area contributed by atoms with Crippen LogP contribution in [0.25, 0.3) is 0 Å². The molecule has 1 aromatic carbocycles. The number of aryl methyl sites for hydroxylation is 1. The van der Waals surface area contributed by atoms with Crippen molar-refractivity contribution in [3.63, 3.8) is 0 Å². The second-order valence-corrected chi connectivity index (χ2v) is 11.1. The van der Waals surface area contributed by atoms with Crippen LogP contribution < -0.4 is 21.1 Å². The first-order valence-corrected chi connectivity index (χ1v) is 13.9. The highest BCUT2D eigenvalue weighted by Gasteiger charge is 2.47. The number of hydrogen-bond acceptors (Lipinski definition) is 8. The van der Waals surface area contributed by atoms with Gasteiger partial charge in [0.2, 0.25) is 11.9 Å². The van der Waals surface area contributed by atoms with Crippen LogP contribution in [0.15, 0.2) is 30.5 Å². The van der Waals surface area contributed by atoms with E-state index in [1.807, 2.05) is 6.07 Å². The second-order valence-electron chi connectivity index (χ2n) is 10.7. The Labute approximate surface area is 228 Å². The summed E-state index contributed by atoms with van der Waals surface area (Å²) in [4.78, 5) is 23.8. The molecule has 2 aromatic rings. The van der Waals surface area contributed by atoms with Gasteiger partial charge in [0.1, 0.15) is 10.8 Å². The number of amides is 1. The number of hydrogen-bond donors (Lipinski definition) is 3. The standard InChI is InChI=1S/C28H35ClN6O3/c1-37-25-20-8-7-19(35-10-12-38-13-11-35)6-4-16(20)5-9-22(25)32-28-31-15-21(29)27(34-28)33-24-18-3-2-17(14-18)23(24)26(30)36/h2-3,5,9,15,17-19,23-24H,4,6-8,10-14H2,1H3,(H2,30,36)(H2,31,32,33,34)/t17-,18+,19-,23+,24-/m1/s1. The van der Waals surface area contributed by atoms with Crippen LogP contribution in [0.5, 0.6) is 5.75 Å². The van der Waals surface area contributed by atoms with Crippen molar-refractivity contribution in [1.82, 2.24) is 14.9 Å². The Balaban J connectivity index is 1.21. The van der Waals surface area contributed by atoms with E-state index in [2.05, 4.69) is 43.7 Å². The maximum absolute atomic E-state index is 12.2. The van der Waals surface area contributed by atoms with Crippen molar-refractivity contribution in [2.45, 2.75) is 44.2 Å². The summed E-state index contributed by atoms with van der Waals surface area (Å²) in [6, 6.07) is 4.66. The molecule has 38 heavy (non-hydrogen) atoms. The summed E-state index contributed by atoms with van der Waals surface area (Å²) in [6.07, 6.45) is 11.0. The molecule has 4 N–H and O–H groups in total. The van der Waals surface area contributed by atoms with Gasteiger partial charge in [-0.3, -0.25) is 9.69 Å². The number of fused-ring (bicyclic) bond motifs is 3. The fourth-order valence-electron chi connectivity index (χ4n) is 6.81. The average molecular weight is 539 g/mol. The number of carbonyl (C=O) groups excluding carboxylic acids is 1. The quantitative estimate of drug-likeness (QED) is 0.362. The average Bonchev–Trinajstić information content (AvgIpc) is 3.46. The number of aromatic nitrogens is 2. The lowest BCUT2D eigenvalue weighted by Gasteiger charge is -2.34. The van der Waals surface area contributed by atoms with Gasteiger partial charge in [0, 0.05) is 25.2 Å². The summed E-state index contributed by atoms with van der Waals surface area (Å²) in [5, 5.41) is 7.15. The summed E-state index contributed by atoms with van der Waals surface area (Å²) in [5.41, 5.74) is 9.14. The van der Waals surface area contributed by atoms with Crippen LogP contribution >= 0.6 is 11.6 Å². The van der Waals surface area contributed by atoms with E-state index in [9.17, 15) is 4.79 Å². The molecule has 1 saturated carbocycles. The van der Waals surface area contributed by atoms with Crippen molar-refractivity contribution in [1.29, 1.82) is 0 Å². The molecule has 6 rings (SSSR count). The Hall–Kier alpha value is -2.88. The Bertz CT molecular complexity index is 1230. The molecular formula is C28H35ClN6O3. The SMILES string of the molecule is COc1c(Nc2ncc(Cl)c(N[C@H]3[C@@H](C(N)=O)[C@@H]4C=C[C@H]3C4)n2)ccc2c1CC[C@H](N1CCOCC1)CC2. The van der Waals surface area contributed by atoms with Crippen molar-refractivity contribution >= 4 is 35.0 Å². The number of rotatable bonds is 7. The maximum atomic E-state index is 12.2. The van der Waals surface area contributed by atoms with Crippen LogP contribution in [-0.2, 0) is 22.4 Å². The number of methoxy groups -OCH3 is 1. The Kier molecular flexibility index (Phi) is 7.16. The number of halogens is 1. The van der Waals surface area contributed by atoms with Crippen molar-refractivity contribution in [3.8, 4) is 5.75 Å². The highest BCUT2D eigenvalue weighted by Crippen LogP contribution is 2.45. The molecule has 1 aliphatic heterocycles. The lowest BCUT2D eigenvalue weighted by Crippen LogP contribution is -2.43. The van der Waals surface area contributed by atoms with Crippen molar-refractivity contribution in [3.05, 3.63) is 46.6 Å². The van der Waals surface area contributed by atoms with Gasteiger partial charge in [0.25, 0.3) is 0 Å². The number of nitrogens with two attached hydrogens (primary N) is 1. The maximum Gasteiger partial charge on any atom is 0.229 e. The third-order valence-electron chi connectivity index (χ3n) is 8.68. The molecular weight excluding hydrogens is 504 g/mol. The first-order valence-electron chi connectivity index (χ1n) is 13.6. The van der Waals surface area contributed by atoms with Gasteiger partial charge in [-0.1, -0.05) is 29.8 Å². The van der Waals surface area contributed by atoms with Crippen molar-refractivity contribution in [2.75, 3.05) is 44.0 Å². The molecule has 3 aliphatic carbocycles. The molecule has 4 aliphatic rings. The van der Waals surface area contributed by atoms with Crippen LogP contribution in [0, 0.1) is 17.8 Å². The number of benzene rings is 1. The molecule has 2 fully saturated rings. The molecule has 202 valence electrons. The molecule has 1 saturated heterocycles. The van der Waals surface area contributed by atoms with Crippen LogP contribution in [0.1, 0.15) is 30.4 Å². The van der Waals surface area contributed by atoms with E-state index in [0.29, 0.717) is 22.8 Å². The van der Waals surface area contributed by atoms with E-state index in [1.165, 1.54) is 11.1 Å². The van der Waals surface area contributed by atoms with Gasteiger partial charge in [-0.25, -0.2) is 4.98 Å². The molecule has 9 nitrogen and oxygen atoms in total. The largest absolute Gasteiger partial charge is 0.494 e. The first-order chi connectivity index (χ1) is 18.5. The van der Waals surface area contributed by atoms with E-state index >= 15 is 0 Å². The predicted octanol–water partition coefficient (Wildman–Crippen LogP) is 3.55. The fraction of sp³-hybridized carbons (Fsp3) is 0.536. The summed E-state index contributed by atoms with van der Waals surface area (Å²) >= 11 is 6.47. The fourth-order valence-corrected chi connectivity index (χ4v) is 6.95. The molecule has 1 amide bonds.